The van der Waals surface area contributed by atoms with Gasteiger partial charge in [-0.3, -0.25) is 4.99 Å². The standard InChI is InChI=1S/C9H15N3S2/c1-2-5-10-8-11-6-3-4-7-12-9(13)14-8/h2H,1,3-7H2,(H,10,11)(H,12,13). The molecule has 0 aliphatic carbocycles. The summed E-state index contributed by atoms with van der Waals surface area (Å²) in [4.78, 5) is 4.42. The Kier molecular flexibility index (Phi) is 5.63. The molecular formula is C9H15N3S2. The number of thioether (sulfide) groups is 1. The van der Waals surface area contributed by atoms with Crippen LogP contribution in [0.5, 0.6) is 0 Å². The van der Waals surface area contributed by atoms with E-state index in [-0.39, 0.29) is 0 Å². The van der Waals surface area contributed by atoms with E-state index in [1.807, 2.05) is 6.08 Å². The minimum absolute atomic E-state index is 0.731. The van der Waals surface area contributed by atoms with Crippen LogP contribution in [-0.4, -0.2) is 29.1 Å². The molecule has 1 aliphatic rings. The van der Waals surface area contributed by atoms with E-state index in [9.17, 15) is 0 Å². The lowest BCUT2D eigenvalue weighted by Crippen LogP contribution is -2.26. The summed E-state index contributed by atoms with van der Waals surface area (Å²) < 4.78 is 0.794. The van der Waals surface area contributed by atoms with Crippen LogP contribution in [0.3, 0.4) is 0 Å². The van der Waals surface area contributed by atoms with E-state index in [1.54, 1.807) is 0 Å². The molecule has 0 radical (unpaired) electrons. The maximum absolute atomic E-state index is 5.15. The summed E-state index contributed by atoms with van der Waals surface area (Å²) >= 11 is 6.63. The number of thiocarbonyl (C=S) groups is 1. The van der Waals surface area contributed by atoms with Crippen LogP contribution in [0.2, 0.25) is 0 Å². The first-order valence-corrected chi connectivity index (χ1v) is 5.90. The van der Waals surface area contributed by atoms with E-state index < -0.39 is 0 Å². The fraction of sp³-hybridized carbons (Fsp3) is 0.556. The van der Waals surface area contributed by atoms with Crippen molar-refractivity contribution < 1.29 is 0 Å². The van der Waals surface area contributed by atoms with E-state index >= 15 is 0 Å². The highest BCUT2D eigenvalue weighted by molar-refractivity contribution is 8.32. The van der Waals surface area contributed by atoms with Crippen molar-refractivity contribution in [2.24, 2.45) is 4.99 Å². The molecule has 0 fully saturated rings. The number of nitrogens with one attached hydrogen (secondary N) is 2. The first kappa shape index (κ1) is 11.5. The molecule has 0 aromatic heterocycles. The van der Waals surface area contributed by atoms with E-state index in [0.29, 0.717) is 0 Å². The number of hydrogen-bond donors (Lipinski definition) is 2. The lowest BCUT2D eigenvalue weighted by atomic mass is 10.3. The van der Waals surface area contributed by atoms with Crippen LogP contribution in [-0.2, 0) is 0 Å². The van der Waals surface area contributed by atoms with Gasteiger partial charge in [-0.1, -0.05) is 18.3 Å². The van der Waals surface area contributed by atoms with Crippen molar-refractivity contribution in [1.82, 2.24) is 10.6 Å². The van der Waals surface area contributed by atoms with Crippen molar-refractivity contribution in [2.45, 2.75) is 12.8 Å². The zero-order valence-corrected chi connectivity index (χ0v) is 9.72. The molecule has 3 nitrogen and oxygen atoms in total. The highest BCUT2D eigenvalue weighted by atomic mass is 32.2. The smallest absolute Gasteiger partial charge is 0.163 e. The number of amidine groups is 1. The average Bonchev–Trinajstić information content (AvgIpc) is 2.27. The van der Waals surface area contributed by atoms with Crippen LogP contribution in [0.4, 0.5) is 0 Å². The van der Waals surface area contributed by atoms with Gasteiger partial charge in [-0.05, 0) is 24.6 Å². The van der Waals surface area contributed by atoms with E-state index in [0.717, 1.165) is 42.0 Å². The monoisotopic (exact) mass is 229 g/mol. The molecule has 0 atom stereocenters. The lowest BCUT2D eigenvalue weighted by molar-refractivity contribution is 0.725. The maximum atomic E-state index is 5.15. The number of rotatable bonds is 2. The molecule has 0 amide bonds. The van der Waals surface area contributed by atoms with Crippen LogP contribution >= 0.6 is 24.0 Å². The van der Waals surface area contributed by atoms with Crippen LogP contribution in [0.25, 0.3) is 0 Å². The molecule has 5 heteroatoms. The fourth-order valence-electron chi connectivity index (χ4n) is 1.02. The van der Waals surface area contributed by atoms with Gasteiger partial charge in [0.2, 0.25) is 0 Å². The number of aliphatic imine (C=N–C) groups is 1. The van der Waals surface area contributed by atoms with Gasteiger partial charge in [0.05, 0.1) is 0 Å². The molecule has 1 heterocycles. The fourth-order valence-corrected chi connectivity index (χ4v) is 2.02. The first-order valence-electron chi connectivity index (χ1n) is 4.68. The topological polar surface area (TPSA) is 36.4 Å². The zero-order valence-electron chi connectivity index (χ0n) is 8.08. The molecule has 14 heavy (non-hydrogen) atoms. The summed E-state index contributed by atoms with van der Waals surface area (Å²) in [6, 6.07) is 0. The van der Waals surface area contributed by atoms with Crippen molar-refractivity contribution in [3.8, 4) is 0 Å². The quantitative estimate of drug-likeness (QED) is 0.556. The predicted molar refractivity (Wildman–Crippen MR) is 67.9 cm³/mol. The van der Waals surface area contributed by atoms with Gasteiger partial charge < -0.3 is 10.6 Å². The maximum Gasteiger partial charge on any atom is 0.163 e. The molecule has 0 spiro atoms. The Morgan fingerprint density at radius 3 is 3.29 bits per heavy atom. The normalized spacial score (nSPS) is 18.3. The van der Waals surface area contributed by atoms with E-state index in [4.69, 9.17) is 12.2 Å². The minimum Gasteiger partial charge on any atom is -0.371 e. The second-order valence-corrected chi connectivity index (χ2v) is 4.55. The van der Waals surface area contributed by atoms with Gasteiger partial charge >= 0.3 is 0 Å². The summed E-state index contributed by atoms with van der Waals surface area (Å²) in [6.07, 6.45) is 4.04. The van der Waals surface area contributed by atoms with Gasteiger partial charge in [-0.2, -0.15) is 0 Å². The Bertz CT molecular complexity index is 238. The second-order valence-electron chi connectivity index (χ2n) is 2.88. The van der Waals surface area contributed by atoms with Gasteiger partial charge in [0, 0.05) is 19.6 Å². The molecule has 1 rings (SSSR count). The van der Waals surface area contributed by atoms with Gasteiger partial charge in [-0.15, -0.1) is 6.58 Å². The van der Waals surface area contributed by atoms with Gasteiger partial charge in [0.1, 0.15) is 4.32 Å². The highest BCUT2D eigenvalue weighted by Crippen LogP contribution is 2.06. The Labute approximate surface area is 94.4 Å². The Morgan fingerprint density at radius 1 is 1.64 bits per heavy atom. The van der Waals surface area contributed by atoms with Gasteiger partial charge in [0.15, 0.2) is 5.17 Å². The molecule has 0 saturated carbocycles. The second kappa shape index (κ2) is 6.84. The van der Waals surface area contributed by atoms with E-state index in [1.165, 1.54) is 11.8 Å². The Balaban J connectivity index is 2.48. The summed E-state index contributed by atoms with van der Waals surface area (Å²) in [5, 5.41) is 7.24. The number of nitrogens with zero attached hydrogens (tertiary/aromatic N) is 1. The summed E-state index contributed by atoms with van der Waals surface area (Å²) in [5.74, 6) is 0. The van der Waals surface area contributed by atoms with Crippen molar-refractivity contribution in [3.05, 3.63) is 12.7 Å². The van der Waals surface area contributed by atoms with Crippen molar-refractivity contribution in [1.29, 1.82) is 0 Å². The molecule has 0 saturated heterocycles. The Hall–Kier alpha value is -0.550. The third kappa shape index (κ3) is 4.62. The molecule has 78 valence electrons. The summed E-state index contributed by atoms with van der Waals surface area (Å²) in [6.45, 7) is 6.21. The number of hydrogen-bond acceptors (Lipinski definition) is 4. The zero-order chi connectivity index (χ0) is 10.2. The molecule has 1 aliphatic heterocycles. The van der Waals surface area contributed by atoms with Crippen LogP contribution in [0.15, 0.2) is 17.6 Å². The van der Waals surface area contributed by atoms with Crippen molar-refractivity contribution >= 4 is 33.5 Å². The predicted octanol–water partition coefficient (Wildman–Crippen LogP) is 1.52. The highest BCUT2D eigenvalue weighted by Gasteiger charge is 2.05. The molecular weight excluding hydrogens is 214 g/mol. The SMILES string of the molecule is C=CCNC1=NCCCCNC(=S)S1. The third-order valence-corrected chi connectivity index (χ3v) is 2.89. The van der Waals surface area contributed by atoms with Crippen LogP contribution < -0.4 is 10.6 Å². The van der Waals surface area contributed by atoms with E-state index in [2.05, 4.69) is 22.2 Å². The average molecular weight is 229 g/mol. The Morgan fingerprint density at radius 2 is 2.50 bits per heavy atom. The van der Waals surface area contributed by atoms with Crippen molar-refractivity contribution in [3.63, 3.8) is 0 Å². The molecule has 0 bridgehead atoms. The van der Waals surface area contributed by atoms with Crippen LogP contribution in [0, 0.1) is 0 Å². The lowest BCUT2D eigenvalue weighted by Gasteiger charge is -2.07. The first-order chi connectivity index (χ1) is 6.83. The molecule has 2 N–H and O–H groups in total. The molecule has 0 unspecified atom stereocenters. The summed E-state index contributed by atoms with van der Waals surface area (Å²) in [7, 11) is 0. The van der Waals surface area contributed by atoms with Crippen molar-refractivity contribution in [2.75, 3.05) is 19.6 Å². The van der Waals surface area contributed by atoms with Gasteiger partial charge in [-0.25, -0.2) is 0 Å². The third-order valence-electron chi connectivity index (χ3n) is 1.70. The minimum atomic E-state index is 0.731. The van der Waals surface area contributed by atoms with Crippen LogP contribution in [0.1, 0.15) is 12.8 Å². The van der Waals surface area contributed by atoms with Gasteiger partial charge in [0.25, 0.3) is 0 Å². The molecule has 0 aromatic rings. The molecule has 0 aromatic carbocycles. The largest absolute Gasteiger partial charge is 0.371 e. The summed E-state index contributed by atoms with van der Waals surface area (Å²) in [5.41, 5.74) is 0.